The lowest BCUT2D eigenvalue weighted by atomic mass is 10.2. The van der Waals surface area contributed by atoms with Gasteiger partial charge >= 0.3 is 0 Å². The number of amides is 1. The molecule has 0 saturated heterocycles. The third-order valence-electron chi connectivity index (χ3n) is 2.46. The standard InChI is InChI=1S/C13H21BrN2OS/c1-10(2)15-8-3-4-13(17)16-9-7-11-5-6-12(14)18-11/h5-6,10,15H,3-4,7-9H2,1-2H3,(H,16,17). The van der Waals surface area contributed by atoms with Gasteiger partial charge in [-0.3, -0.25) is 4.79 Å². The normalized spacial score (nSPS) is 10.9. The highest BCUT2D eigenvalue weighted by atomic mass is 79.9. The largest absolute Gasteiger partial charge is 0.356 e. The molecule has 5 heteroatoms. The molecule has 0 atom stereocenters. The van der Waals surface area contributed by atoms with Crippen molar-refractivity contribution in [3.05, 3.63) is 20.8 Å². The van der Waals surface area contributed by atoms with Crippen LogP contribution in [0.4, 0.5) is 0 Å². The summed E-state index contributed by atoms with van der Waals surface area (Å²) in [5, 5.41) is 6.26. The Bertz CT molecular complexity index is 366. The average molecular weight is 333 g/mol. The van der Waals surface area contributed by atoms with E-state index >= 15 is 0 Å². The molecule has 1 heterocycles. The van der Waals surface area contributed by atoms with Crippen LogP contribution in [0.1, 0.15) is 31.6 Å². The molecular weight excluding hydrogens is 312 g/mol. The minimum Gasteiger partial charge on any atom is -0.356 e. The molecule has 0 radical (unpaired) electrons. The number of hydrogen-bond donors (Lipinski definition) is 2. The summed E-state index contributed by atoms with van der Waals surface area (Å²) in [5.74, 6) is 0.149. The first-order valence-corrected chi connectivity index (χ1v) is 7.93. The first-order valence-electron chi connectivity index (χ1n) is 6.32. The van der Waals surface area contributed by atoms with Gasteiger partial charge in [0.2, 0.25) is 5.91 Å². The third-order valence-corrected chi connectivity index (χ3v) is 4.14. The lowest BCUT2D eigenvalue weighted by molar-refractivity contribution is -0.121. The van der Waals surface area contributed by atoms with E-state index in [1.807, 2.05) is 6.07 Å². The predicted octanol–water partition coefficient (Wildman–Crippen LogP) is 2.95. The number of rotatable bonds is 8. The molecule has 0 aliphatic heterocycles. The van der Waals surface area contributed by atoms with Crippen LogP contribution in [0.15, 0.2) is 15.9 Å². The molecule has 2 N–H and O–H groups in total. The van der Waals surface area contributed by atoms with Gasteiger partial charge in [-0.25, -0.2) is 0 Å². The molecule has 1 rings (SSSR count). The monoisotopic (exact) mass is 332 g/mol. The molecule has 0 aliphatic rings. The average Bonchev–Trinajstić information content (AvgIpc) is 2.70. The van der Waals surface area contributed by atoms with Crippen molar-refractivity contribution in [1.29, 1.82) is 0 Å². The second-order valence-corrected chi connectivity index (χ2v) is 7.07. The highest BCUT2D eigenvalue weighted by Crippen LogP contribution is 2.21. The minimum absolute atomic E-state index is 0.149. The molecular formula is C13H21BrN2OS. The van der Waals surface area contributed by atoms with Crippen molar-refractivity contribution in [2.45, 2.75) is 39.2 Å². The van der Waals surface area contributed by atoms with Crippen LogP contribution in [0.3, 0.4) is 0 Å². The Balaban J connectivity index is 2.03. The fourth-order valence-corrected chi connectivity index (χ4v) is 3.02. The zero-order valence-electron chi connectivity index (χ0n) is 11.0. The van der Waals surface area contributed by atoms with Crippen LogP contribution in [-0.2, 0) is 11.2 Å². The quantitative estimate of drug-likeness (QED) is 0.718. The summed E-state index contributed by atoms with van der Waals surface area (Å²) in [6, 6.07) is 4.62. The molecule has 3 nitrogen and oxygen atoms in total. The van der Waals surface area contributed by atoms with Crippen LogP contribution in [0.5, 0.6) is 0 Å². The van der Waals surface area contributed by atoms with Gasteiger partial charge < -0.3 is 10.6 Å². The number of carbonyl (C=O) groups is 1. The molecule has 0 saturated carbocycles. The van der Waals surface area contributed by atoms with E-state index in [1.165, 1.54) is 4.88 Å². The zero-order chi connectivity index (χ0) is 13.4. The molecule has 0 bridgehead atoms. The van der Waals surface area contributed by atoms with Crippen molar-refractivity contribution < 1.29 is 4.79 Å². The summed E-state index contributed by atoms with van der Waals surface area (Å²) in [6.07, 6.45) is 2.41. The van der Waals surface area contributed by atoms with Crippen LogP contribution in [-0.4, -0.2) is 25.0 Å². The van der Waals surface area contributed by atoms with Gasteiger partial charge in [0.1, 0.15) is 0 Å². The maximum absolute atomic E-state index is 11.5. The Kier molecular flexibility index (Phi) is 7.54. The summed E-state index contributed by atoms with van der Waals surface area (Å²) >= 11 is 5.15. The fourth-order valence-electron chi connectivity index (χ4n) is 1.54. The smallest absolute Gasteiger partial charge is 0.220 e. The molecule has 0 unspecified atom stereocenters. The predicted molar refractivity (Wildman–Crippen MR) is 81.1 cm³/mol. The zero-order valence-corrected chi connectivity index (χ0v) is 13.4. The summed E-state index contributed by atoms with van der Waals surface area (Å²) in [5.41, 5.74) is 0. The summed E-state index contributed by atoms with van der Waals surface area (Å²) in [7, 11) is 0. The molecule has 0 aromatic carbocycles. The van der Waals surface area contributed by atoms with Crippen molar-refractivity contribution in [1.82, 2.24) is 10.6 Å². The van der Waals surface area contributed by atoms with Crippen LogP contribution >= 0.6 is 27.3 Å². The Morgan fingerprint density at radius 3 is 2.78 bits per heavy atom. The molecule has 102 valence electrons. The van der Waals surface area contributed by atoms with Crippen LogP contribution < -0.4 is 10.6 Å². The Labute approximate surface area is 121 Å². The number of nitrogens with one attached hydrogen (secondary N) is 2. The van der Waals surface area contributed by atoms with Gasteiger partial charge in [0, 0.05) is 23.9 Å². The highest BCUT2D eigenvalue weighted by Gasteiger charge is 2.02. The van der Waals surface area contributed by atoms with Gasteiger partial charge in [-0.2, -0.15) is 0 Å². The minimum atomic E-state index is 0.149. The van der Waals surface area contributed by atoms with E-state index in [0.717, 1.165) is 29.7 Å². The highest BCUT2D eigenvalue weighted by molar-refractivity contribution is 9.11. The number of carbonyl (C=O) groups excluding carboxylic acids is 1. The maximum atomic E-state index is 11.5. The Morgan fingerprint density at radius 2 is 2.17 bits per heavy atom. The Hall–Kier alpha value is -0.390. The third kappa shape index (κ3) is 7.13. The van der Waals surface area contributed by atoms with Crippen molar-refractivity contribution in [2.24, 2.45) is 0 Å². The second-order valence-electron chi connectivity index (χ2n) is 4.52. The van der Waals surface area contributed by atoms with Gasteiger partial charge in [0.25, 0.3) is 0 Å². The fraction of sp³-hybridized carbons (Fsp3) is 0.615. The molecule has 1 aromatic heterocycles. The van der Waals surface area contributed by atoms with E-state index in [2.05, 4.69) is 46.5 Å². The summed E-state index contributed by atoms with van der Waals surface area (Å²) in [4.78, 5) is 12.8. The van der Waals surface area contributed by atoms with Crippen LogP contribution in [0.2, 0.25) is 0 Å². The van der Waals surface area contributed by atoms with Crippen molar-refractivity contribution >= 4 is 33.2 Å². The number of hydrogen-bond acceptors (Lipinski definition) is 3. The van der Waals surface area contributed by atoms with Gasteiger partial charge in [-0.15, -0.1) is 11.3 Å². The van der Waals surface area contributed by atoms with Crippen LogP contribution in [0.25, 0.3) is 0 Å². The SMILES string of the molecule is CC(C)NCCCC(=O)NCCc1ccc(Br)s1. The molecule has 0 spiro atoms. The molecule has 0 fully saturated rings. The molecule has 0 aliphatic carbocycles. The topological polar surface area (TPSA) is 41.1 Å². The summed E-state index contributed by atoms with van der Waals surface area (Å²) in [6.45, 7) is 5.85. The van der Waals surface area contributed by atoms with Crippen molar-refractivity contribution in [2.75, 3.05) is 13.1 Å². The van der Waals surface area contributed by atoms with Crippen molar-refractivity contribution in [3.8, 4) is 0 Å². The van der Waals surface area contributed by atoms with E-state index < -0.39 is 0 Å². The van der Waals surface area contributed by atoms with Crippen LogP contribution in [0, 0.1) is 0 Å². The van der Waals surface area contributed by atoms with E-state index in [4.69, 9.17) is 0 Å². The first-order chi connectivity index (χ1) is 8.58. The lowest BCUT2D eigenvalue weighted by Crippen LogP contribution is -2.28. The molecule has 18 heavy (non-hydrogen) atoms. The second kappa shape index (κ2) is 8.67. The van der Waals surface area contributed by atoms with E-state index in [9.17, 15) is 4.79 Å². The molecule has 1 amide bonds. The van der Waals surface area contributed by atoms with E-state index in [-0.39, 0.29) is 5.91 Å². The Morgan fingerprint density at radius 1 is 1.39 bits per heavy atom. The van der Waals surface area contributed by atoms with Gasteiger partial charge in [-0.05, 0) is 47.4 Å². The molecule has 1 aromatic rings. The summed E-state index contributed by atoms with van der Waals surface area (Å²) < 4.78 is 1.14. The lowest BCUT2D eigenvalue weighted by Gasteiger charge is -2.07. The number of thiophene rings is 1. The maximum Gasteiger partial charge on any atom is 0.220 e. The van der Waals surface area contributed by atoms with E-state index in [1.54, 1.807) is 11.3 Å². The van der Waals surface area contributed by atoms with E-state index in [0.29, 0.717) is 12.5 Å². The van der Waals surface area contributed by atoms with Gasteiger partial charge in [-0.1, -0.05) is 13.8 Å². The van der Waals surface area contributed by atoms with Gasteiger partial charge in [0.05, 0.1) is 3.79 Å². The number of halogens is 1. The van der Waals surface area contributed by atoms with Crippen molar-refractivity contribution in [3.63, 3.8) is 0 Å². The first kappa shape index (κ1) is 15.7. The van der Waals surface area contributed by atoms with Gasteiger partial charge in [0.15, 0.2) is 0 Å².